The molecule has 30 heavy (non-hydrogen) atoms. The van der Waals surface area contributed by atoms with Crippen molar-refractivity contribution in [1.82, 2.24) is 29.4 Å². The summed E-state index contributed by atoms with van der Waals surface area (Å²) in [5.74, 6) is 1.44. The molecule has 1 aliphatic carbocycles. The van der Waals surface area contributed by atoms with Gasteiger partial charge in [0.15, 0.2) is 0 Å². The van der Waals surface area contributed by atoms with Crippen molar-refractivity contribution in [3.8, 4) is 0 Å². The maximum Gasteiger partial charge on any atom is 0.346 e. The Labute approximate surface area is 173 Å². The van der Waals surface area contributed by atoms with E-state index in [1.807, 2.05) is 32.2 Å². The Kier molecular flexibility index (Phi) is 4.60. The summed E-state index contributed by atoms with van der Waals surface area (Å²) in [7, 11) is 0. The number of amides is 1. The third-order valence-electron chi connectivity index (χ3n) is 6.19. The van der Waals surface area contributed by atoms with E-state index in [1.54, 1.807) is 4.57 Å². The lowest BCUT2D eigenvalue weighted by atomic mass is 10.1. The molecule has 1 N–H and O–H groups in total. The largest absolute Gasteiger partial charge is 0.361 e. The summed E-state index contributed by atoms with van der Waals surface area (Å²) in [5, 5.41) is 11.7. The molecule has 0 radical (unpaired) electrons. The Bertz CT molecular complexity index is 1130. The van der Waals surface area contributed by atoms with Gasteiger partial charge in [0, 0.05) is 36.8 Å². The molecule has 158 valence electrons. The Morgan fingerprint density at radius 3 is 2.83 bits per heavy atom. The average molecular weight is 410 g/mol. The minimum atomic E-state index is -0.125. The number of aryl methyl sites for hydroxylation is 3. The van der Waals surface area contributed by atoms with Gasteiger partial charge >= 0.3 is 5.69 Å². The van der Waals surface area contributed by atoms with Crippen LogP contribution in [0.4, 0.5) is 0 Å². The van der Waals surface area contributed by atoms with E-state index in [0.29, 0.717) is 37.7 Å². The third-order valence-corrected chi connectivity index (χ3v) is 6.19. The van der Waals surface area contributed by atoms with Crippen LogP contribution in [0.25, 0.3) is 0 Å². The van der Waals surface area contributed by atoms with E-state index in [0.717, 1.165) is 42.0 Å². The van der Waals surface area contributed by atoms with Gasteiger partial charge in [0.2, 0.25) is 0 Å². The fourth-order valence-corrected chi connectivity index (χ4v) is 4.27. The number of rotatable bonds is 5. The van der Waals surface area contributed by atoms with Crippen LogP contribution in [-0.2, 0) is 19.5 Å². The lowest BCUT2D eigenvalue weighted by molar-refractivity contribution is 0.0923. The maximum absolute atomic E-state index is 12.9. The van der Waals surface area contributed by atoms with E-state index in [9.17, 15) is 9.59 Å². The van der Waals surface area contributed by atoms with Crippen molar-refractivity contribution in [2.24, 2.45) is 0 Å². The average Bonchev–Trinajstić information content (AvgIpc) is 3.33. The molecule has 3 aromatic rings. The number of carbonyl (C=O) groups excluding carboxylic acids is 1. The van der Waals surface area contributed by atoms with E-state index >= 15 is 0 Å². The highest BCUT2D eigenvalue weighted by Crippen LogP contribution is 2.36. The van der Waals surface area contributed by atoms with Crippen LogP contribution in [0.5, 0.6) is 0 Å². The van der Waals surface area contributed by atoms with Crippen molar-refractivity contribution in [3.63, 3.8) is 0 Å². The van der Waals surface area contributed by atoms with Crippen LogP contribution in [0.2, 0.25) is 0 Å². The minimum Gasteiger partial charge on any atom is -0.361 e. The summed E-state index contributed by atoms with van der Waals surface area (Å²) in [4.78, 5) is 25.7. The van der Waals surface area contributed by atoms with E-state index < -0.39 is 0 Å². The fraction of sp³-hybridized carbons (Fsp3) is 0.524. The summed E-state index contributed by atoms with van der Waals surface area (Å²) >= 11 is 0. The first kappa shape index (κ1) is 18.9. The van der Waals surface area contributed by atoms with Gasteiger partial charge in [0.25, 0.3) is 5.91 Å². The van der Waals surface area contributed by atoms with Crippen LogP contribution in [-0.4, -0.2) is 36.0 Å². The van der Waals surface area contributed by atoms with Crippen molar-refractivity contribution in [1.29, 1.82) is 0 Å². The summed E-state index contributed by atoms with van der Waals surface area (Å²) in [6, 6.07) is 4.30. The molecule has 1 aliphatic heterocycles. The molecule has 0 bridgehead atoms. The highest BCUT2D eigenvalue weighted by Gasteiger charge is 2.28. The number of nitrogens with zero attached hydrogens (tertiary/aromatic N) is 5. The number of nitrogens with one attached hydrogen (secondary N) is 1. The zero-order valence-corrected chi connectivity index (χ0v) is 17.3. The Morgan fingerprint density at radius 2 is 2.10 bits per heavy atom. The molecular formula is C21H26N6O3. The highest BCUT2D eigenvalue weighted by molar-refractivity contribution is 5.93. The van der Waals surface area contributed by atoms with Gasteiger partial charge in [0.1, 0.15) is 17.3 Å². The zero-order chi connectivity index (χ0) is 20.8. The molecule has 0 saturated heterocycles. The van der Waals surface area contributed by atoms with E-state index in [-0.39, 0.29) is 17.6 Å². The van der Waals surface area contributed by atoms with Crippen LogP contribution >= 0.6 is 0 Å². The van der Waals surface area contributed by atoms with E-state index in [1.165, 1.54) is 4.68 Å². The van der Waals surface area contributed by atoms with Crippen molar-refractivity contribution >= 4 is 5.91 Å². The van der Waals surface area contributed by atoms with Gasteiger partial charge in [-0.05, 0) is 51.7 Å². The fourth-order valence-electron chi connectivity index (χ4n) is 4.27. The molecule has 0 aromatic carbocycles. The lowest BCUT2D eigenvalue weighted by Gasteiger charge is -2.17. The van der Waals surface area contributed by atoms with Gasteiger partial charge in [-0.3, -0.25) is 9.36 Å². The van der Waals surface area contributed by atoms with Crippen LogP contribution in [0, 0.1) is 13.8 Å². The summed E-state index contributed by atoms with van der Waals surface area (Å²) < 4.78 is 10.5. The number of hydrogen-bond donors (Lipinski definition) is 1. The predicted molar refractivity (Wildman–Crippen MR) is 108 cm³/mol. The number of aromatic nitrogens is 5. The van der Waals surface area contributed by atoms with Gasteiger partial charge in [-0.2, -0.15) is 5.10 Å². The van der Waals surface area contributed by atoms with Crippen molar-refractivity contribution in [2.45, 2.75) is 71.1 Å². The molecular weight excluding hydrogens is 384 g/mol. The first-order valence-corrected chi connectivity index (χ1v) is 10.6. The lowest BCUT2D eigenvalue weighted by Crippen LogP contribution is -2.36. The SMILES string of the molecule is Cc1noc(C)c1Cn1nc2n(c1=O)CCC(NC(=O)c1cccn1C1CC1)CC2. The third kappa shape index (κ3) is 3.38. The van der Waals surface area contributed by atoms with Gasteiger partial charge in [-0.15, -0.1) is 0 Å². The second-order valence-electron chi connectivity index (χ2n) is 8.34. The Morgan fingerprint density at radius 1 is 1.27 bits per heavy atom. The number of fused-ring (bicyclic) bond motifs is 1. The molecule has 1 unspecified atom stereocenters. The minimum absolute atomic E-state index is 0.0252. The summed E-state index contributed by atoms with van der Waals surface area (Å²) in [6.45, 7) is 4.61. The normalized spacial score (nSPS) is 18.8. The molecule has 0 spiro atoms. The Balaban J connectivity index is 1.27. The van der Waals surface area contributed by atoms with Crippen LogP contribution in [0.15, 0.2) is 27.6 Å². The first-order chi connectivity index (χ1) is 14.5. The smallest absolute Gasteiger partial charge is 0.346 e. The van der Waals surface area contributed by atoms with Crippen molar-refractivity contribution in [3.05, 3.63) is 57.3 Å². The molecule has 9 nitrogen and oxygen atoms in total. The van der Waals surface area contributed by atoms with Crippen LogP contribution < -0.4 is 11.0 Å². The van der Waals surface area contributed by atoms with Crippen molar-refractivity contribution < 1.29 is 9.32 Å². The summed E-state index contributed by atoms with van der Waals surface area (Å²) in [5.41, 5.74) is 2.27. The van der Waals surface area contributed by atoms with E-state index in [4.69, 9.17) is 4.52 Å². The maximum atomic E-state index is 12.9. The first-order valence-electron chi connectivity index (χ1n) is 10.6. The second-order valence-corrected chi connectivity index (χ2v) is 8.34. The standard InChI is InChI=1S/C21H26N6O3/c1-13-17(14(2)30-24-13)12-27-21(29)26-11-9-15(5-8-19(26)23-27)22-20(28)18-4-3-10-25(18)16-6-7-16/h3-4,10,15-16H,5-9,11-12H2,1-2H3,(H,22,28). The monoisotopic (exact) mass is 410 g/mol. The topological polar surface area (TPSA) is 99.9 Å². The van der Waals surface area contributed by atoms with Crippen LogP contribution in [0.3, 0.4) is 0 Å². The van der Waals surface area contributed by atoms with Crippen molar-refractivity contribution in [2.75, 3.05) is 0 Å². The molecule has 1 saturated carbocycles. The quantitative estimate of drug-likeness (QED) is 0.693. The van der Waals surface area contributed by atoms with Gasteiger partial charge < -0.3 is 14.4 Å². The molecule has 2 aliphatic rings. The highest BCUT2D eigenvalue weighted by atomic mass is 16.5. The van der Waals surface area contributed by atoms with Gasteiger partial charge in [-0.1, -0.05) is 5.16 Å². The van der Waals surface area contributed by atoms with Crippen LogP contribution in [0.1, 0.15) is 65.1 Å². The molecule has 5 rings (SSSR count). The predicted octanol–water partition coefficient (Wildman–Crippen LogP) is 1.97. The van der Waals surface area contributed by atoms with E-state index in [2.05, 4.69) is 20.1 Å². The molecule has 1 amide bonds. The number of hydrogen-bond acceptors (Lipinski definition) is 5. The molecule has 1 atom stereocenters. The number of carbonyl (C=O) groups is 1. The molecule has 4 heterocycles. The Hall–Kier alpha value is -3.10. The summed E-state index contributed by atoms with van der Waals surface area (Å²) in [6.07, 6.45) is 6.38. The zero-order valence-electron chi connectivity index (χ0n) is 17.3. The van der Waals surface area contributed by atoms with Gasteiger partial charge in [0.05, 0.1) is 12.2 Å². The molecule has 9 heteroatoms. The molecule has 1 fully saturated rings. The van der Waals surface area contributed by atoms with Gasteiger partial charge in [-0.25, -0.2) is 9.48 Å². The second kappa shape index (κ2) is 7.30. The molecule has 3 aromatic heterocycles.